The number of rotatable bonds is 8. The Morgan fingerprint density at radius 1 is 1.22 bits per heavy atom. The van der Waals surface area contributed by atoms with Gasteiger partial charge in [-0.3, -0.25) is 24.5 Å². The van der Waals surface area contributed by atoms with Gasteiger partial charge in [-0.05, 0) is 18.6 Å². The Kier molecular flexibility index (Phi) is 5.70. The van der Waals surface area contributed by atoms with Crippen LogP contribution in [0.5, 0.6) is 5.75 Å². The van der Waals surface area contributed by atoms with Crippen molar-refractivity contribution in [3.05, 3.63) is 29.3 Å². The fourth-order valence-electron chi connectivity index (χ4n) is 3.16. The second-order valence-electron chi connectivity index (χ2n) is 6.29. The normalized spacial score (nSPS) is 19.0. The number of carboxylic acids is 1. The molecule has 1 atom stereocenters. The maximum absolute atomic E-state index is 12.7. The maximum atomic E-state index is 12.7. The lowest BCUT2D eigenvalue weighted by Gasteiger charge is -2.29. The lowest BCUT2D eigenvalue weighted by molar-refractivity contribution is -0.139. The number of benzene rings is 1. The van der Waals surface area contributed by atoms with Crippen LogP contribution in [-0.4, -0.2) is 59.6 Å². The number of carbonyl (C=O) groups excluding carboxylic acids is 3. The average Bonchev–Trinajstić information content (AvgIpc) is 2.95. The smallest absolute Gasteiger partial charge is 0.305 e. The van der Waals surface area contributed by atoms with Gasteiger partial charge in [0.25, 0.3) is 5.91 Å². The second kappa shape index (κ2) is 8.17. The van der Waals surface area contributed by atoms with Crippen LogP contribution in [0.25, 0.3) is 0 Å². The number of hydrogen-bond donors (Lipinski definition) is 2. The Labute approximate surface area is 155 Å². The van der Waals surface area contributed by atoms with Crippen LogP contribution in [0.3, 0.4) is 0 Å². The van der Waals surface area contributed by atoms with Gasteiger partial charge >= 0.3 is 5.97 Å². The first-order chi connectivity index (χ1) is 13.0. The molecule has 0 aliphatic carbocycles. The van der Waals surface area contributed by atoms with Crippen molar-refractivity contribution in [1.29, 1.82) is 0 Å². The summed E-state index contributed by atoms with van der Waals surface area (Å²) in [5.74, 6) is -1.45. The van der Waals surface area contributed by atoms with Crippen molar-refractivity contribution in [2.75, 3.05) is 19.8 Å². The van der Waals surface area contributed by atoms with Gasteiger partial charge in [-0.25, -0.2) is 0 Å². The molecule has 3 rings (SSSR count). The largest absolute Gasteiger partial charge is 0.491 e. The fourth-order valence-corrected chi connectivity index (χ4v) is 3.16. The summed E-state index contributed by atoms with van der Waals surface area (Å²) in [7, 11) is 0. The Hall–Kier alpha value is -2.94. The molecule has 0 aromatic heterocycles. The highest BCUT2D eigenvalue weighted by molar-refractivity contribution is 6.05. The van der Waals surface area contributed by atoms with Crippen LogP contribution in [0.1, 0.15) is 35.2 Å². The number of amides is 3. The molecule has 1 fully saturated rings. The number of hydrogen-bond acceptors (Lipinski definition) is 6. The van der Waals surface area contributed by atoms with Crippen LogP contribution < -0.4 is 10.1 Å². The molecule has 0 spiro atoms. The maximum Gasteiger partial charge on any atom is 0.305 e. The van der Waals surface area contributed by atoms with E-state index in [1.54, 1.807) is 18.2 Å². The molecule has 3 amide bonds. The molecular formula is C18H20N2O7. The number of carbonyl (C=O) groups is 4. The molecule has 2 aliphatic rings. The number of aliphatic carboxylic acids is 1. The van der Waals surface area contributed by atoms with Gasteiger partial charge in [-0.15, -0.1) is 0 Å². The average molecular weight is 376 g/mol. The Morgan fingerprint density at radius 3 is 2.78 bits per heavy atom. The molecule has 27 heavy (non-hydrogen) atoms. The van der Waals surface area contributed by atoms with Crippen molar-refractivity contribution < 1.29 is 33.8 Å². The van der Waals surface area contributed by atoms with Gasteiger partial charge in [0.1, 0.15) is 18.4 Å². The number of ether oxygens (including phenoxy) is 2. The molecule has 1 saturated heterocycles. The van der Waals surface area contributed by atoms with Crippen LogP contribution in [0, 0.1) is 0 Å². The van der Waals surface area contributed by atoms with Gasteiger partial charge in [0.15, 0.2) is 0 Å². The predicted octanol–water partition coefficient (Wildman–Crippen LogP) is 0.318. The quantitative estimate of drug-likeness (QED) is 0.495. The van der Waals surface area contributed by atoms with Crippen molar-refractivity contribution in [2.45, 2.75) is 31.8 Å². The molecule has 0 radical (unpaired) electrons. The van der Waals surface area contributed by atoms with E-state index in [0.29, 0.717) is 23.3 Å². The lowest BCUT2D eigenvalue weighted by atomic mass is 10.0. The molecule has 1 unspecified atom stereocenters. The van der Waals surface area contributed by atoms with Gasteiger partial charge in [-0.1, -0.05) is 6.07 Å². The van der Waals surface area contributed by atoms with Gasteiger partial charge in [0, 0.05) is 17.5 Å². The Balaban J connectivity index is 1.61. The van der Waals surface area contributed by atoms with E-state index in [1.165, 1.54) is 4.90 Å². The summed E-state index contributed by atoms with van der Waals surface area (Å²) in [6.07, 6.45) is 0.432. The summed E-state index contributed by atoms with van der Waals surface area (Å²) < 4.78 is 10.9. The van der Waals surface area contributed by atoms with Crippen molar-refractivity contribution in [3.8, 4) is 5.75 Å². The van der Waals surface area contributed by atoms with Crippen molar-refractivity contribution >= 4 is 23.7 Å². The number of carboxylic acid groups (broad SMARTS) is 1. The van der Waals surface area contributed by atoms with Crippen LogP contribution in [0.4, 0.5) is 0 Å². The number of imide groups is 1. The van der Waals surface area contributed by atoms with Gasteiger partial charge < -0.3 is 19.5 Å². The minimum absolute atomic E-state index is 0.0733. The summed E-state index contributed by atoms with van der Waals surface area (Å²) in [4.78, 5) is 48.0. The first-order valence-corrected chi connectivity index (χ1v) is 8.66. The van der Waals surface area contributed by atoms with Crippen molar-refractivity contribution in [2.24, 2.45) is 0 Å². The first-order valence-electron chi connectivity index (χ1n) is 8.66. The summed E-state index contributed by atoms with van der Waals surface area (Å²) in [5, 5.41) is 10.8. The lowest BCUT2D eigenvalue weighted by Crippen LogP contribution is -2.52. The molecule has 2 heterocycles. The standard InChI is InChI=1S/C18H20N2O7/c21-15-5-4-13(17(24)19-15)20-10-12-11(18(20)25)2-1-3-14(12)27-9-8-26-7-6-16(22)23/h1-3,13H,4-10H2,(H,22,23)(H,19,21,24). The Bertz CT molecular complexity index is 777. The molecule has 1 aromatic carbocycles. The number of fused-ring (bicyclic) bond motifs is 1. The molecule has 2 N–H and O–H groups in total. The highest BCUT2D eigenvalue weighted by Gasteiger charge is 2.40. The van der Waals surface area contributed by atoms with Gasteiger partial charge in [0.2, 0.25) is 11.8 Å². The number of nitrogens with one attached hydrogen (secondary N) is 1. The van der Waals surface area contributed by atoms with E-state index in [9.17, 15) is 19.2 Å². The summed E-state index contributed by atoms with van der Waals surface area (Å²) in [5.41, 5.74) is 1.17. The van der Waals surface area contributed by atoms with E-state index < -0.39 is 17.9 Å². The van der Waals surface area contributed by atoms with E-state index in [2.05, 4.69) is 5.32 Å². The van der Waals surface area contributed by atoms with Crippen LogP contribution in [0.2, 0.25) is 0 Å². The predicted molar refractivity (Wildman–Crippen MR) is 91.1 cm³/mol. The third-order valence-electron chi connectivity index (χ3n) is 4.48. The number of piperidine rings is 1. The van der Waals surface area contributed by atoms with E-state index in [1.807, 2.05) is 0 Å². The monoisotopic (exact) mass is 376 g/mol. The molecule has 9 nitrogen and oxygen atoms in total. The zero-order valence-electron chi connectivity index (χ0n) is 14.6. The molecule has 1 aromatic rings. The summed E-state index contributed by atoms with van der Waals surface area (Å²) in [6.45, 7) is 0.772. The van der Waals surface area contributed by atoms with Crippen LogP contribution >= 0.6 is 0 Å². The van der Waals surface area contributed by atoms with Crippen LogP contribution in [0.15, 0.2) is 18.2 Å². The molecule has 2 aliphatic heterocycles. The zero-order chi connectivity index (χ0) is 19.4. The highest BCUT2D eigenvalue weighted by atomic mass is 16.5. The second-order valence-corrected chi connectivity index (χ2v) is 6.29. The Morgan fingerprint density at radius 2 is 2.04 bits per heavy atom. The van der Waals surface area contributed by atoms with E-state index in [-0.39, 0.29) is 51.0 Å². The minimum atomic E-state index is -0.927. The number of nitrogens with zero attached hydrogens (tertiary/aromatic N) is 1. The van der Waals surface area contributed by atoms with Crippen LogP contribution in [-0.2, 0) is 25.7 Å². The molecule has 0 saturated carbocycles. The van der Waals surface area contributed by atoms with E-state index in [4.69, 9.17) is 14.6 Å². The summed E-state index contributed by atoms with van der Waals surface area (Å²) in [6, 6.07) is 4.44. The molecule has 144 valence electrons. The third kappa shape index (κ3) is 4.25. The topological polar surface area (TPSA) is 122 Å². The SMILES string of the molecule is O=C(O)CCOCCOc1cccc2c1CN(C1CCC(=O)NC1=O)C2=O. The molecule has 0 bridgehead atoms. The van der Waals surface area contributed by atoms with E-state index >= 15 is 0 Å². The van der Waals surface area contributed by atoms with Crippen molar-refractivity contribution in [3.63, 3.8) is 0 Å². The third-order valence-corrected chi connectivity index (χ3v) is 4.48. The van der Waals surface area contributed by atoms with Gasteiger partial charge in [0.05, 0.1) is 26.2 Å². The van der Waals surface area contributed by atoms with E-state index in [0.717, 1.165) is 0 Å². The highest BCUT2D eigenvalue weighted by Crippen LogP contribution is 2.33. The summed E-state index contributed by atoms with van der Waals surface area (Å²) >= 11 is 0. The van der Waals surface area contributed by atoms with Crippen molar-refractivity contribution in [1.82, 2.24) is 10.2 Å². The first kappa shape index (κ1) is 18.8. The van der Waals surface area contributed by atoms with Gasteiger partial charge in [-0.2, -0.15) is 0 Å². The zero-order valence-corrected chi connectivity index (χ0v) is 14.6. The molecular weight excluding hydrogens is 356 g/mol. The minimum Gasteiger partial charge on any atom is -0.491 e. The fraction of sp³-hybridized carbons (Fsp3) is 0.444. The molecule has 9 heteroatoms.